The fourth-order valence-corrected chi connectivity index (χ4v) is 2.18. The molecule has 0 aromatic heterocycles. The SMILES string of the molecule is CC=CCC(C(=O)[O-])c1cccc2ccccc12.[Na+]. The summed E-state index contributed by atoms with van der Waals surface area (Å²) in [5.74, 6) is -1.61. The number of benzene rings is 2. The van der Waals surface area contributed by atoms with Crippen molar-refractivity contribution in [2.75, 3.05) is 0 Å². The third-order valence-electron chi connectivity index (χ3n) is 3.09. The van der Waals surface area contributed by atoms with Crippen LogP contribution in [-0.4, -0.2) is 5.97 Å². The van der Waals surface area contributed by atoms with Gasteiger partial charge < -0.3 is 9.90 Å². The second kappa shape index (κ2) is 7.49. The van der Waals surface area contributed by atoms with Gasteiger partial charge in [-0.2, -0.15) is 0 Å². The van der Waals surface area contributed by atoms with Crippen molar-refractivity contribution in [3.8, 4) is 0 Å². The molecule has 0 aliphatic rings. The van der Waals surface area contributed by atoms with Crippen LogP contribution in [0.15, 0.2) is 54.6 Å². The molecule has 92 valence electrons. The largest absolute Gasteiger partial charge is 1.00 e. The third-order valence-corrected chi connectivity index (χ3v) is 3.09. The third kappa shape index (κ3) is 3.69. The molecule has 0 amide bonds. The molecule has 1 unspecified atom stereocenters. The van der Waals surface area contributed by atoms with Crippen LogP contribution in [0.1, 0.15) is 24.8 Å². The number of fused-ring (bicyclic) bond motifs is 1. The fourth-order valence-electron chi connectivity index (χ4n) is 2.18. The normalized spacial score (nSPS) is 12.3. The predicted molar refractivity (Wildman–Crippen MR) is 71.1 cm³/mol. The molecule has 0 bridgehead atoms. The molecular formula is C16H15NaO2. The van der Waals surface area contributed by atoms with Crippen molar-refractivity contribution in [3.63, 3.8) is 0 Å². The van der Waals surface area contributed by atoms with E-state index in [9.17, 15) is 9.90 Å². The predicted octanol–water partition coefficient (Wildman–Crippen LogP) is -0.357. The Kier molecular flexibility index (Phi) is 6.29. The van der Waals surface area contributed by atoms with E-state index in [1.807, 2.05) is 61.5 Å². The summed E-state index contributed by atoms with van der Waals surface area (Å²) in [6, 6.07) is 13.6. The number of carboxylic acid groups (broad SMARTS) is 1. The smallest absolute Gasteiger partial charge is 0.549 e. The van der Waals surface area contributed by atoms with Crippen molar-refractivity contribution in [1.82, 2.24) is 0 Å². The van der Waals surface area contributed by atoms with Crippen molar-refractivity contribution >= 4 is 16.7 Å². The summed E-state index contributed by atoms with van der Waals surface area (Å²) in [7, 11) is 0. The molecule has 0 spiro atoms. The molecule has 0 saturated heterocycles. The standard InChI is InChI=1S/C16H16O2.Na/c1-2-3-9-15(16(17)18)14-11-6-8-12-7-4-5-10-13(12)14;/h2-8,10-11,15H,9H2,1H3,(H,17,18);/q;+1/p-1. The molecule has 3 heteroatoms. The number of carboxylic acids is 1. The zero-order chi connectivity index (χ0) is 13.0. The maximum atomic E-state index is 11.3. The van der Waals surface area contributed by atoms with E-state index in [-0.39, 0.29) is 29.6 Å². The molecule has 0 aliphatic carbocycles. The number of carbonyl (C=O) groups excluding carboxylic acids is 1. The van der Waals surface area contributed by atoms with Crippen LogP contribution in [0.4, 0.5) is 0 Å². The Labute approximate surface area is 135 Å². The average Bonchev–Trinajstić information content (AvgIpc) is 2.39. The number of rotatable bonds is 4. The monoisotopic (exact) mass is 262 g/mol. The molecular weight excluding hydrogens is 247 g/mol. The van der Waals surface area contributed by atoms with E-state index in [0.717, 1.165) is 16.3 Å². The Bertz CT molecular complexity index is 585. The van der Waals surface area contributed by atoms with Gasteiger partial charge in [-0.05, 0) is 29.7 Å². The van der Waals surface area contributed by atoms with Gasteiger partial charge in [0.2, 0.25) is 0 Å². The molecule has 0 N–H and O–H groups in total. The minimum absolute atomic E-state index is 0. The molecule has 2 rings (SSSR count). The molecule has 0 heterocycles. The molecule has 2 aromatic carbocycles. The zero-order valence-electron chi connectivity index (χ0n) is 11.3. The van der Waals surface area contributed by atoms with Crippen LogP contribution in [0.25, 0.3) is 10.8 Å². The molecule has 0 fully saturated rings. The molecule has 2 nitrogen and oxygen atoms in total. The number of hydrogen-bond donors (Lipinski definition) is 0. The summed E-state index contributed by atoms with van der Waals surface area (Å²) in [5.41, 5.74) is 0.825. The van der Waals surface area contributed by atoms with Gasteiger partial charge >= 0.3 is 29.6 Å². The average molecular weight is 262 g/mol. The topological polar surface area (TPSA) is 40.1 Å². The van der Waals surface area contributed by atoms with Crippen LogP contribution in [0.5, 0.6) is 0 Å². The Morgan fingerprint density at radius 2 is 1.89 bits per heavy atom. The van der Waals surface area contributed by atoms with Gasteiger partial charge in [0.15, 0.2) is 0 Å². The molecule has 1 atom stereocenters. The van der Waals surface area contributed by atoms with Crippen LogP contribution in [-0.2, 0) is 4.79 Å². The van der Waals surface area contributed by atoms with Crippen molar-refractivity contribution in [1.29, 1.82) is 0 Å². The zero-order valence-corrected chi connectivity index (χ0v) is 13.3. The van der Waals surface area contributed by atoms with Gasteiger partial charge in [-0.25, -0.2) is 0 Å². The minimum Gasteiger partial charge on any atom is -0.549 e. The van der Waals surface area contributed by atoms with E-state index < -0.39 is 11.9 Å². The first-order valence-electron chi connectivity index (χ1n) is 6.03. The van der Waals surface area contributed by atoms with Gasteiger partial charge in [-0.3, -0.25) is 0 Å². The maximum Gasteiger partial charge on any atom is 1.00 e. The van der Waals surface area contributed by atoms with Crippen LogP contribution in [0, 0.1) is 0 Å². The number of hydrogen-bond acceptors (Lipinski definition) is 2. The van der Waals surface area contributed by atoms with Crippen molar-refractivity contribution in [3.05, 3.63) is 60.2 Å². The quantitative estimate of drug-likeness (QED) is 0.558. The van der Waals surface area contributed by atoms with Gasteiger partial charge in [0.05, 0.1) is 0 Å². The van der Waals surface area contributed by atoms with Gasteiger partial charge in [-0.15, -0.1) is 0 Å². The van der Waals surface area contributed by atoms with Gasteiger partial charge in [-0.1, -0.05) is 54.6 Å². The van der Waals surface area contributed by atoms with Crippen molar-refractivity contribution < 1.29 is 39.5 Å². The van der Waals surface area contributed by atoms with Crippen LogP contribution in [0.3, 0.4) is 0 Å². The first-order chi connectivity index (χ1) is 8.74. The van der Waals surface area contributed by atoms with Crippen LogP contribution >= 0.6 is 0 Å². The maximum absolute atomic E-state index is 11.3. The second-order valence-electron chi connectivity index (χ2n) is 4.24. The van der Waals surface area contributed by atoms with Crippen LogP contribution in [0.2, 0.25) is 0 Å². The molecule has 2 aromatic rings. The van der Waals surface area contributed by atoms with E-state index in [0.29, 0.717) is 6.42 Å². The summed E-state index contributed by atoms with van der Waals surface area (Å²) in [5, 5.41) is 13.3. The summed E-state index contributed by atoms with van der Waals surface area (Å²) >= 11 is 0. The first-order valence-corrected chi connectivity index (χ1v) is 6.03. The first kappa shape index (κ1) is 16.0. The molecule has 0 radical (unpaired) electrons. The fraction of sp³-hybridized carbons (Fsp3) is 0.188. The second-order valence-corrected chi connectivity index (χ2v) is 4.24. The minimum atomic E-state index is -1.02. The van der Waals surface area contributed by atoms with Gasteiger partial charge in [0.25, 0.3) is 0 Å². The molecule has 0 saturated carbocycles. The van der Waals surface area contributed by atoms with E-state index in [1.54, 1.807) is 0 Å². The van der Waals surface area contributed by atoms with E-state index in [2.05, 4.69) is 0 Å². The Morgan fingerprint density at radius 3 is 2.58 bits per heavy atom. The van der Waals surface area contributed by atoms with Crippen molar-refractivity contribution in [2.45, 2.75) is 19.3 Å². The van der Waals surface area contributed by atoms with Crippen LogP contribution < -0.4 is 34.7 Å². The molecule has 0 aliphatic heterocycles. The molecule has 19 heavy (non-hydrogen) atoms. The Hall–Kier alpha value is -1.09. The van der Waals surface area contributed by atoms with E-state index in [4.69, 9.17) is 0 Å². The number of carbonyl (C=O) groups is 1. The Morgan fingerprint density at radius 1 is 1.21 bits per heavy atom. The van der Waals surface area contributed by atoms with E-state index in [1.165, 1.54) is 0 Å². The van der Waals surface area contributed by atoms with Crippen molar-refractivity contribution in [2.24, 2.45) is 0 Å². The summed E-state index contributed by atoms with van der Waals surface area (Å²) in [4.78, 5) is 11.3. The van der Waals surface area contributed by atoms with Gasteiger partial charge in [0.1, 0.15) is 0 Å². The number of aliphatic carboxylic acids is 1. The summed E-state index contributed by atoms with van der Waals surface area (Å²) < 4.78 is 0. The number of allylic oxidation sites excluding steroid dienone is 2. The Balaban J connectivity index is 0.00000180. The van der Waals surface area contributed by atoms with Gasteiger partial charge in [0, 0.05) is 11.9 Å². The summed E-state index contributed by atoms with van der Waals surface area (Å²) in [6.45, 7) is 1.88. The summed E-state index contributed by atoms with van der Waals surface area (Å²) in [6.07, 6.45) is 4.19. The van der Waals surface area contributed by atoms with E-state index >= 15 is 0 Å².